The number of fused-ring (bicyclic) bond motifs is 1. The third-order valence-electron chi connectivity index (χ3n) is 4.56. The third-order valence-corrected chi connectivity index (χ3v) is 4.56. The van der Waals surface area contributed by atoms with Gasteiger partial charge >= 0.3 is 11.7 Å². The Labute approximate surface area is 158 Å². The van der Waals surface area contributed by atoms with Gasteiger partial charge in [-0.3, -0.25) is 4.90 Å². The molecular formula is C19H28N4O4. The molecule has 2 N–H and O–H groups in total. The lowest BCUT2D eigenvalue weighted by atomic mass is 10.0. The molecule has 1 heterocycles. The summed E-state index contributed by atoms with van der Waals surface area (Å²) in [6, 6.07) is 3.71. The van der Waals surface area contributed by atoms with Gasteiger partial charge in [0.05, 0.1) is 16.6 Å². The summed E-state index contributed by atoms with van der Waals surface area (Å²) in [7, 11) is 3.93. The fourth-order valence-corrected chi connectivity index (χ4v) is 2.80. The number of aromatic nitrogens is 1. The summed E-state index contributed by atoms with van der Waals surface area (Å²) in [6.07, 6.45) is -1.08. The van der Waals surface area contributed by atoms with Crippen LogP contribution >= 0.6 is 0 Å². The minimum atomic E-state index is -1.08. The van der Waals surface area contributed by atoms with E-state index in [0.717, 1.165) is 0 Å². The standard InChI is InChI=1S/C19H28N4O4/c1-11(22(6)7)10-20-17-21-13-8-9-14(12(2)15(13)16(24)27-17)23(18(25)26)19(3,4)5/h8-9,11H,10H2,1-7H3,(H,20,21)(H,25,26). The molecule has 1 aromatic carbocycles. The van der Waals surface area contributed by atoms with Crippen molar-refractivity contribution in [1.29, 1.82) is 0 Å². The SMILES string of the molecule is Cc1c(N(C(=O)O)C(C)(C)C)ccc2nc(NCC(C)N(C)C)oc(=O)c12. The Hall–Kier alpha value is -2.61. The average Bonchev–Trinajstić information content (AvgIpc) is 2.53. The zero-order valence-corrected chi connectivity index (χ0v) is 17.0. The van der Waals surface area contributed by atoms with E-state index in [0.29, 0.717) is 23.3 Å². The van der Waals surface area contributed by atoms with Crippen molar-refractivity contribution >= 4 is 28.7 Å². The molecule has 1 aromatic heterocycles. The van der Waals surface area contributed by atoms with Crippen LogP contribution in [0.25, 0.3) is 10.9 Å². The van der Waals surface area contributed by atoms with Crippen molar-refractivity contribution in [2.45, 2.75) is 46.2 Å². The van der Waals surface area contributed by atoms with Crippen LogP contribution in [-0.4, -0.2) is 53.3 Å². The van der Waals surface area contributed by atoms with Crippen LogP contribution in [0.3, 0.4) is 0 Å². The molecule has 1 amide bonds. The number of nitrogens with zero attached hydrogens (tertiary/aromatic N) is 3. The summed E-state index contributed by atoms with van der Waals surface area (Å²) >= 11 is 0. The Bertz CT molecular complexity index is 899. The van der Waals surface area contributed by atoms with E-state index in [1.54, 1.807) is 39.8 Å². The largest absolute Gasteiger partial charge is 0.465 e. The maximum atomic E-state index is 12.6. The second-order valence-electron chi connectivity index (χ2n) is 7.89. The van der Waals surface area contributed by atoms with Gasteiger partial charge in [-0.1, -0.05) is 0 Å². The number of likely N-dealkylation sites (N-methyl/N-ethyl adjacent to an activating group) is 1. The monoisotopic (exact) mass is 376 g/mol. The normalized spacial score (nSPS) is 13.0. The second-order valence-corrected chi connectivity index (χ2v) is 7.89. The Morgan fingerprint density at radius 3 is 2.48 bits per heavy atom. The van der Waals surface area contributed by atoms with E-state index in [9.17, 15) is 14.7 Å². The molecule has 0 aliphatic carbocycles. The number of anilines is 2. The fraction of sp³-hybridized carbons (Fsp3) is 0.526. The van der Waals surface area contributed by atoms with Gasteiger partial charge in [0.15, 0.2) is 0 Å². The summed E-state index contributed by atoms with van der Waals surface area (Å²) in [6.45, 7) is 9.70. The first kappa shape index (κ1) is 20.7. The predicted octanol–water partition coefficient (Wildman–Crippen LogP) is 3.14. The van der Waals surface area contributed by atoms with Crippen molar-refractivity contribution in [2.24, 2.45) is 0 Å². The van der Waals surface area contributed by atoms with Gasteiger partial charge in [-0.05, 0) is 66.4 Å². The zero-order valence-electron chi connectivity index (χ0n) is 17.0. The van der Waals surface area contributed by atoms with E-state index < -0.39 is 17.3 Å². The first-order chi connectivity index (χ1) is 12.4. The van der Waals surface area contributed by atoms with Gasteiger partial charge in [-0.25, -0.2) is 9.59 Å². The van der Waals surface area contributed by atoms with E-state index in [4.69, 9.17) is 4.42 Å². The highest BCUT2D eigenvalue weighted by atomic mass is 16.4. The van der Waals surface area contributed by atoms with Crippen LogP contribution in [0, 0.1) is 6.92 Å². The predicted molar refractivity (Wildman–Crippen MR) is 107 cm³/mol. The number of benzene rings is 1. The fourth-order valence-electron chi connectivity index (χ4n) is 2.80. The Balaban J connectivity index is 2.50. The topological polar surface area (TPSA) is 98.9 Å². The molecule has 0 fully saturated rings. The van der Waals surface area contributed by atoms with Crippen molar-refractivity contribution in [3.05, 3.63) is 28.1 Å². The van der Waals surface area contributed by atoms with Crippen LogP contribution in [0.4, 0.5) is 16.5 Å². The number of rotatable bonds is 5. The maximum absolute atomic E-state index is 12.6. The van der Waals surface area contributed by atoms with Gasteiger partial charge < -0.3 is 19.7 Å². The molecular weight excluding hydrogens is 348 g/mol. The number of carbonyl (C=O) groups is 1. The molecule has 1 unspecified atom stereocenters. The van der Waals surface area contributed by atoms with Gasteiger partial charge in [0.1, 0.15) is 0 Å². The maximum Gasteiger partial charge on any atom is 0.412 e. The molecule has 0 aliphatic heterocycles. The van der Waals surface area contributed by atoms with Crippen LogP contribution in [0.2, 0.25) is 0 Å². The van der Waals surface area contributed by atoms with Gasteiger partial charge in [-0.2, -0.15) is 4.98 Å². The molecule has 0 radical (unpaired) electrons. The first-order valence-corrected chi connectivity index (χ1v) is 8.81. The highest BCUT2D eigenvalue weighted by Crippen LogP contribution is 2.31. The van der Waals surface area contributed by atoms with Crippen molar-refractivity contribution in [3.63, 3.8) is 0 Å². The lowest BCUT2D eigenvalue weighted by Gasteiger charge is -2.34. The van der Waals surface area contributed by atoms with Crippen LogP contribution in [0.15, 0.2) is 21.3 Å². The lowest BCUT2D eigenvalue weighted by Crippen LogP contribution is -2.45. The van der Waals surface area contributed by atoms with Crippen LogP contribution < -0.4 is 15.8 Å². The summed E-state index contributed by atoms with van der Waals surface area (Å²) < 4.78 is 5.32. The number of amides is 1. The molecule has 8 nitrogen and oxygen atoms in total. The van der Waals surface area contributed by atoms with E-state index in [-0.39, 0.29) is 17.4 Å². The Morgan fingerprint density at radius 2 is 1.96 bits per heavy atom. The van der Waals surface area contributed by atoms with E-state index in [1.807, 2.05) is 25.9 Å². The van der Waals surface area contributed by atoms with Crippen molar-refractivity contribution in [1.82, 2.24) is 9.88 Å². The second kappa shape index (κ2) is 7.56. The minimum absolute atomic E-state index is 0.152. The molecule has 2 aromatic rings. The van der Waals surface area contributed by atoms with Gasteiger partial charge in [0.2, 0.25) is 0 Å². The van der Waals surface area contributed by atoms with Crippen LogP contribution in [-0.2, 0) is 0 Å². The minimum Gasteiger partial charge on any atom is -0.465 e. The lowest BCUT2D eigenvalue weighted by molar-refractivity contribution is 0.195. The van der Waals surface area contributed by atoms with Crippen LogP contribution in [0.1, 0.15) is 33.3 Å². The van der Waals surface area contributed by atoms with Crippen molar-refractivity contribution < 1.29 is 14.3 Å². The molecule has 0 saturated heterocycles. The van der Waals surface area contributed by atoms with Crippen LogP contribution in [0.5, 0.6) is 0 Å². The summed E-state index contributed by atoms with van der Waals surface area (Å²) in [5, 5.41) is 13.0. The smallest absolute Gasteiger partial charge is 0.412 e. The third kappa shape index (κ3) is 4.39. The van der Waals surface area contributed by atoms with E-state index >= 15 is 0 Å². The number of carboxylic acid groups (broad SMARTS) is 1. The molecule has 27 heavy (non-hydrogen) atoms. The van der Waals surface area contributed by atoms with Gasteiger partial charge in [-0.15, -0.1) is 0 Å². The summed E-state index contributed by atoms with van der Waals surface area (Å²) in [5.41, 5.74) is 0.227. The summed E-state index contributed by atoms with van der Waals surface area (Å²) in [5.74, 6) is 0. The zero-order chi connectivity index (χ0) is 20.5. The highest BCUT2D eigenvalue weighted by Gasteiger charge is 2.30. The number of nitrogens with one attached hydrogen (secondary N) is 1. The van der Waals surface area contributed by atoms with Crippen molar-refractivity contribution in [3.8, 4) is 0 Å². The van der Waals surface area contributed by atoms with Gasteiger partial charge in [0.25, 0.3) is 6.01 Å². The molecule has 0 saturated carbocycles. The summed E-state index contributed by atoms with van der Waals surface area (Å²) in [4.78, 5) is 32.0. The van der Waals surface area contributed by atoms with Crippen molar-refractivity contribution in [2.75, 3.05) is 30.9 Å². The number of hydrogen-bond acceptors (Lipinski definition) is 6. The molecule has 8 heteroatoms. The molecule has 0 aliphatic rings. The highest BCUT2D eigenvalue weighted by molar-refractivity contribution is 5.94. The quantitative estimate of drug-likeness (QED) is 0.827. The number of hydrogen-bond donors (Lipinski definition) is 2. The van der Waals surface area contributed by atoms with E-state index in [1.165, 1.54) is 4.90 Å². The molecule has 1 atom stereocenters. The molecule has 0 spiro atoms. The number of aryl methyl sites for hydroxylation is 1. The average molecular weight is 376 g/mol. The van der Waals surface area contributed by atoms with Gasteiger partial charge in [0, 0.05) is 18.1 Å². The first-order valence-electron chi connectivity index (χ1n) is 8.81. The Kier molecular flexibility index (Phi) is 5.79. The Morgan fingerprint density at radius 1 is 1.33 bits per heavy atom. The molecule has 2 rings (SSSR count). The molecule has 0 bridgehead atoms. The molecule has 148 valence electrons. The van der Waals surface area contributed by atoms with E-state index in [2.05, 4.69) is 10.3 Å².